The number of nitrogens with two attached hydrogens (primary N) is 1. The smallest absolute Gasteiger partial charge is 0.240 e. The maximum atomic E-state index is 11.7. The van der Waals surface area contributed by atoms with E-state index in [1.807, 2.05) is 40.7 Å². The molecule has 1 aromatic carbocycles. The number of benzene rings is 1. The van der Waals surface area contributed by atoms with Crippen LogP contribution in [0.2, 0.25) is 0 Å². The highest BCUT2D eigenvalue weighted by atomic mass is 16.5. The van der Waals surface area contributed by atoms with E-state index < -0.39 is 11.4 Å². The van der Waals surface area contributed by atoms with Gasteiger partial charge in [0.1, 0.15) is 17.9 Å². The van der Waals surface area contributed by atoms with Gasteiger partial charge >= 0.3 is 0 Å². The molecule has 3 N–H and O–H groups in total. The van der Waals surface area contributed by atoms with Crippen LogP contribution in [0.15, 0.2) is 12.1 Å². The highest BCUT2D eigenvalue weighted by Crippen LogP contribution is 2.26. The zero-order valence-electron chi connectivity index (χ0n) is 13.3. The number of carbonyl (C=O) groups is 1. The molecule has 1 atom stereocenters. The number of nitrogens with one attached hydrogen (secondary N) is 1. The first kappa shape index (κ1) is 16.5. The zero-order chi connectivity index (χ0) is 15.5. The summed E-state index contributed by atoms with van der Waals surface area (Å²) in [4.78, 5) is 11.7. The van der Waals surface area contributed by atoms with Crippen LogP contribution in [0.3, 0.4) is 0 Å². The number of hydrogen-bond donors (Lipinski definition) is 2. The standard InChI is InChI=1S/C16H26N2O2/c1-10(2)18-16(6,15(17)19)9-20-14-12(4)8-7-11(3)13(14)5/h7-8,10,18H,9H2,1-6H3,(H2,17,19). The molecule has 0 radical (unpaired) electrons. The fourth-order valence-electron chi connectivity index (χ4n) is 2.19. The average molecular weight is 278 g/mol. The Kier molecular flexibility index (Phi) is 5.17. The minimum Gasteiger partial charge on any atom is -0.491 e. The number of carbonyl (C=O) groups excluding carboxylic acids is 1. The van der Waals surface area contributed by atoms with E-state index in [1.165, 1.54) is 5.56 Å². The first-order valence-corrected chi connectivity index (χ1v) is 6.94. The summed E-state index contributed by atoms with van der Waals surface area (Å²) in [6.07, 6.45) is 0. The Morgan fingerprint density at radius 2 is 1.85 bits per heavy atom. The molecule has 0 saturated heterocycles. The van der Waals surface area contributed by atoms with Gasteiger partial charge in [0.25, 0.3) is 0 Å². The van der Waals surface area contributed by atoms with Gasteiger partial charge in [-0.3, -0.25) is 10.1 Å². The molecule has 4 heteroatoms. The summed E-state index contributed by atoms with van der Waals surface area (Å²) in [5.41, 5.74) is 7.96. The van der Waals surface area contributed by atoms with Crippen molar-refractivity contribution in [3.63, 3.8) is 0 Å². The van der Waals surface area contributed by atoms with Crippen molar-refractivity contribution in [2.45, 2.75) is 53.1 Å². The van der Waals surface area contributed by atoms with Crippen molar-refractivity contribution in [1.82, 2.24) is 5.32 Å². The number of hydrogen-bond acceptors (Lipinski definition) is 3. The van der Waals surface area contributed by atoms with E-state index in [0.29, 0.717) is 0 Å². The van der Waals surface area contributed by atoms with E-state index in [0.717, 1.165) is 16.9 Å². The lowest BCUT2D eigenvalue weighted by Crippen LogP contribution is -2.59. The van der Waals surface area contributed by atoms with Crippen molar-refractivity contribution in [3.8, 4) is 5.75 Å². The Morgan fingerprint density at radius 3 is 2.35 bits per heavy atom. The van der Waals surface area contributed by atoms with Gasteiger partial charge in [-0.15, -0.1) is 0 Å². The molecule has 0 aromatic heterocycles. The minimum absolute atomic E-state index is 0.149. The highest BCUT2D eigenvalue weighted by molar-refractivity contribution is 5.84. The van der Waals surface area contributed by atoms with Crippen LogP contribution in [0.25, 0.3) is 0 Å². The lowest BCUT2D eigenvalue weighted by Gasteiger charge is -2.30. The summed E-state index contributed by atoms with van der Waals surface area (Å²) in [5, 5.41) is 3.18. The summed E-state index contributed by atoms with van der Waals surface area (Å²) in [6.45, 7) is 12.0. The third-order valence-electron chi connectivity index (χ3n) is 3.53. The van der Waals surface area contributed by atoms with E-state index >= 15 is 0 Å². The summed E-state index contributed by atoms with van der Waals surface area (Å²) in [7, 11) is 0. The molecule has 1 unspecified atom stereocenters. The second kappa shape index (κ2) is 6.27. The van der Waals surface area contributed by atoms with Crippen LogP contribution in [-0.2, 0) is 4.79 Å². The maximum absolute atomic E-state index is 11.7. The number of ether oxygens (including phenoxy) is 1. The van der Waals surface area contributed by atoms with Crippen molar-refractivity contribution in [3.05, 3.63) is 28.8 Å². The first-order valence-electron chi connectivity index (χ1n) is 6.94. The minimum atomic E-state index is -0.878. The molecule has 0 aliphatic heterocycles. The highest BCUT2D eigenvalue weighted by Gasteiger charge is 2.32. The Hall–Kier alpha value is -1.55. The van der Waals surface area contributed by atoms with Crippen LogP contribution in [-0.4, -0.2) is 24.1 Å². The molecule has 0 fully saturated rings. The maximum Gasteiger partial charge on any atom is 0.240 e. The van der Waals surface area contributed by atoms with E-state index in [-0.39, 0.29) is 12.6 Å². The van der Waals surface area contributed by atoms with Gasteiger partial charge in [0.15, 0.2) is 0 Å². The van der Waals surface area contributed by atoms with Crippen LogP contribution in [0.1, 0.15) is 37.5 Å². The number of amides is 1. The molecule has 0 bridgehead atoms. The lowest BCUT2D eigenvalue weighted by molar-refractivity contribution is -0.125. The molecular formula is C16H26N2O2. The van der Waals surface area contributed by atoms with Crippen molar-refractivity contribution < 1.29 is 9.53 Å². The molecule has 0 aliphatic carbocycles. The lowest BCUT2D eigenvalue weighted by atomic mass is 10.0. The Bertz CT molecular complexity index is 497. The normalized spacial score (nSPS) is 14.2. The fraction of sp³-hybridized carbons (Fsp3) is 0.562. The second-order valence-corrected chi connectivity index (χ2v) is 5.94. The van der Waals surface area contributed by atoms with Gasteiger partial charge in [0.2, 0.25) is 5.91 Å². The predicted octanol–water partition coefficient (Wildman–Crippen LogP) is 2.23. The quantitative estimate of drug-likeness (QED) is 0.838. The summed E-state index contributed by atoms with van der Waals surface area (Å²) in [6, 6.07) is 4.24. The van der Waals surface area contributed by atoms with Gasteiger partial charge in [-0.05, 0) is 58.2 Å². The average Bonchev–Trinajstić information content (AvgIpc) is 2.33. The molecule has 112 valence electrons. The van der Waals surface area contributed by atoms with E-state index in [2.05, 4.69) is 11.4 Å². The molecular weight excluding hydrogens is 252 g/mol. The molecule has 0 heterocycles. The van der Waals surface area contributed by atoms with E-state index in [9.17, 15) is 4.79 Å². The van der Waals surface area contributed by atoms with Gasteiger partial charge in [-0.1, -0.05) is 12.1 Å². The van der Waals surface area contributed by atoms with Crippen molar-refractivity contribution >= 4 is 5.91 Å². The third-order valence-corrected chi connectivity index (χ3v) is 3.53. The topological polar surface area (TPSA) is 64.3 Å². The van der Waals surface area contributed by atoms with Crippen LogP contribution in [0.4, 0.5) is 0 Å². The van der Waals surface area contributed by atoms with E-state index in [1.54, 1.807) is 6.92 Å². The van der Waals surface area contributed by atoms with Gasteiger partial charge in [-0.2, -0.15) is 0 Å². The van der Waals surface area contributed by atoms with Gasteiger partial charge in [-0.25, -0.2) is 0 Å². The van der Waals surface area contributed by atoms with Gasteiger partial charge < -0.3 is 10.5 Å². The van der Waals surface area contributed by atoms with Crippen molar-refractivity contribution in [2.75, 3.05) is 6.61 Å². The third kappa shape index (κ3) is 3.73. The summed E-state index contributed by atoms with van der Waals surface area (Å²) >= 11 is 0. The Labute approximate surface area is 121 Å². The van der Waals surface area contributed by atoms with Crippen LogP contribution >= 0.6 is 0 Å². The molecule has 1 rings (SSSR count). The van der Waals surface area contributed by atoms with E-state index in [4.69, 9.17) is 10.5 Å². The van der Waals surface area contributed by atoms with Crippen molar-refractivity contribution in [1.29, 1.82) is 0 Å². The fourth-order valence-corrected chi connectivity index (χ4v) is 2.19. The van der Waals surface area contributed by atoms with Gasteiger partial charge in [0, 0.05) is 6.04 Å². The summed E-state index contributed by atoms with van der Waals surface area (Å²) < 4.78 is 5.91. The largest absolute Gasteiger partial charge is 0.491 e. The van der Waals surface area contributed by atoms with Crippen LogP contribution in [0, 0.1) is 20.8 Å². The SMILES string of the molecule is Cc1ccc(C)c(OCC(C)(NC(C)C)C(N)=O)c1C. The monoisotopic (exact) mass is 278 g/mol. The Balaban J connectivity index is 2.94. The molecule has 0 spiro atoms. The van der Waals surface area contributed by atoms with Crippen molar-refractivity contribution in [2.24, 2.45) is 5.73 Å². The molecule has 0 aliphatic rings. The van der Waals surface area contributed by atoms with Crippen LogP contribution in [0.5, 0.6) is 5.75 Å². The molecule has 20 heavy (non-hydrogen) atoms. The predicted molar refractivity (Wildman–Crippen MR) is 82.0 cm³/mol. The molecule has 0 saturated carbocycles. The summed E-state index contributed by atoms with van der Waals surface area (Å²) in [5.74, 6) is 0.428. The Morgan fingerprint density at radius 1 is 1.30 bits per heavy atom. The zero-order valence-corrected chi connectivity index (χ0v) is 13.3. The molecule has 1 aromatic rings. The number of primary amides is 1. The number of rotatable bonds is 6. The first-order chi connectivity index (χ1) is 9.17. The van der Waals surface area contributed by atoms with Gasteiger partial charge in [0.05, 0.1) is 0 Å². The molecule has 4 nitrogen and oxygen atoms in total. The van der Waals surface area contributed by atoms with Crippen LogP contribution < -0.4 is 15.8 Å². The number of aryl methyl sites for hydroxylation is 2. The second-order valence-electron chi connectivity index (χ2n) is 5.94. The molecule has 1 amide bonds.